The van der Waals surface area contributed by atoms with E-state index >= 15 is 0 Å². The maximum absolute atomic E-state index is 11.7. The molecule has 122 valence electrons. The molecule has 0 bridgehead atoms. The lowest BCUT2D eigenvalue weighted by Crippen LogP contribution is -2.48. The van der Waals surface area contributed by atoms with Crippen LogP contribution in [0.15, 0.2) is 12.1 Å². The number of piperazine rings is 1. The number of anilines is 1. The molecular weight excluding hydrogens is 284 g/mol. The third-order valence-electron chi connectivity index (χ3n) is 3.95. The lowest BCUT2D eigenvalue weighted by molar-refractivity contribution is -0.131. The van der Waals surface area contributed by atoms with Crippen LogP contribution in [0.5, 0.6) is 17.2 Å². The first-order valence-electron chi connectivity index (χ1n) is 7.47. The zero-order valence-electron chi connectivity index (χ0n) is 13.7. The number of carbonyl (C=O) groups is 1. The van der Waals surface area contributed by atoms with Gasteiger partial charge in [-0.25, -0.2) is 0 Å². The molecule has 0 radical (unpaired) electrons. The number of carbonyl (C=O) groups excluding carboxylic acids is 1. The maximum Gasteiger partial charge on any atom is 0.222 e. The Morgan fingerprint density at radius 1 is 1.00 bits per heavy atom. The number of methoxy groups -OCH3 is 3. The molecule has 0 spiro atoms. The molecule has 1 saturated heterocycles. The van der Waals surface area contributed by atoms with Crippen molar-refractivity contribution in [3.05, 3.63) is 12.1 Å². The maximum atomic E-state index is 11.7. The van der Waals surface area contributed by atoms with E-state index in [-0.39, 0.29) is 5.91 Å². The minimum Gasteiger partial charge on any atom is -0.493 e. The van der Waals surface area contributed by atoms with Crippen LogP contribution in [-0.4, -0.2) is 58.3 Å². The molecule has 1 amide bonds. The highest BCUT2D eigenvalue weighted by Crippen LogP contribution is 2.41. The predicted octanol–water partition coefficient (Wildman–Crippen LogP) is 1.77. The second-order valence-electron chi connectivity index (χ2n) is 5.10. The zero-order valence-corrected chi connectivity index (χ0v) is 13.7. The highest BCUT2D eigenvalue weighted by atomic mass is 16.5. The van der Waals surface area contributed by atoms with Crippen LogP contribution in [0.4, 0.5) is 5.69 Å². The summed E-state index contributed by atoms with van der Waals surface area (Å²) in [5, 5.41) is 0. The third kappa shape index (κ3) is 3.21. The molecule has 1 aromatic rings. The van der Waals surface area contributed by atoms with E-state index < -0.39 is 0 Å². The Morgan fingerprint density at radius 3 is 1.95 bits per heavy atom. The van der Waals surface area contributed by atoms with Crippen LogP contribution in [0, 0.1) is 0 Å². The van der Waals surface area contributed by atoms with Gasteiger partial charge in [0.05, 0.1) is 21.3 Å². The Bertz CT molecular complexity index is 500. The van der Waals surface area contributed by atoms with Crippen LogP contribution in [0.25, 0.3) is 0 Å². The summed E-state index contributed by atoms with van der Waals surface area (Å²) in [7, 11) is 4.81. The summed E-state index contributed by atoms with van der Waals surface area (Å²) in [6.45, 7) is 4.97. The Morgan fingerprint density at radius 2 is 1.55 bits per heavy atom. The molecule has 1 aliphatic rings. The van der Waals surface area contributed by atoms with Gasteiger partial charge in [-0.15, -0.1) is 0 Å². The fourth-order valence-corrected chi connectivity index (χ4v) is 2.69. The van der Waals surface area contributed by atoms with E-state index in [0.29, 0.717) is 23.7 Å². The van der Waals surface area contributed by atoms with Gasteiger partial charge in [-0.2, -0.15) is 0 Å². The van der Waals surface area contributed by atoms with Crippen molar-refractivity contribution in [2.45, 2.75) is 13.3 Å². The molecule has 0 saturated carbocycles. The van der Waals surface area contributed by atoms with Crippen LogP contribution < -0.4 is 19.1 Å². The van der Waals surface area contributed by atoms with Crippen LogP contribution in [0.2, 0.25) is 0 Å². The summed E-state index contributed by atoms with van der Waals surface area (Å²) in [6, 6.07) is 3.89. The zero-order chi connectivity index (χ0) is 16.1. The molecule has 0 aliphatic carbocycles. The van der Waals surface area contributed by atoms with E-state index in [4.69, 9.17) is 14.2 Å². The summed E-state index contributed by atoms with van der Waals surface area (Å²) in [5.41, 5.74) is 1.01. The van der Waals surface area contributed by atoms with Crippen LogP contribution in [0.3, 0.4) is 0 Å². The summed E-state index contributed by atoms with van der Waals surface area (Å²) < 4.78 is 16.1. The van der Waals surface area contributed by atoms with Gasteiger partial charge in [0, 0.05) is 50.4 Å². The Kier molecular flexibility index (Phi) is 5.35. The summed E-state index contributed by atoms with van der Waals surface area (Å²) in [4.78, 5) is 15.9. The normalized spacial score (nSPS) is 14.7. The van der Waals surface area contributed by atoms with Crippen LogP contribution >= 0.6 is 0 Å². The Labute approximate surface area is 131 Å². The largest absolute Gasteiger partial charge is 0.493 e. The minimum absolute atomic E-state index is 0.213. The fraction of sp³-hybridized carbons (Fsp3) is 0.562. The van der Waals surface area contributed by atoms with Crippen LogP contribution in [0.1, 0.15) is 13.3 Å². The van der Waals surface area contributed by atoms with Gasteiger partial charge in [-0.1, -0.05) is 6.92 Å². The molecule has 22 heavy (non-hydrogen) atoms. The monoisotopic (exact) mass is 308 g/mol. The Balaban J connectivity index is 2.18. The van der Waals surface area contributed by atoms with Gasteiger partial charge in [-0.3, -0.25) is 4.79 Å². The first kappa shape index (κ1) is 16.3. The SMILES string of the molecule is CCC(=O)N1CCN(c2cc(OC)c(OC)c(OC)c2)CC1. The van der Waals surface area contributed by atoms with Crippen LogP contribution in [-0.2, 0) is 4.79 Å². The second-order valence-corrected chi connectivity index (χ2v) is 5.10. The molecular formula is C16H24N2O4. The van der Waals surface area contributed by atoms with E-state index in [1.807, 2.05) is 24.0 Å². The lowest BCUT2D eigenvalue weighted by atomic mass is 10.2. The molecule has 1 fully saturated rings. The number of nitrogens with zero attached hydrogens (tertiary/aromatic N) is 2. The van der Waals surface area contributed by atoms with Crippen molar-refractivity contribution in [2.24, 2.45) is 0 Å². The number of hydrogen-bond donors (Lipinski definition) is 0. The summed E-state index contributed by atoms with van der Waals surface area (Å²) in [6.07, 6.45) is 0.560. The van der Waals surface area contributed by atoms with Crippen molar-refractivity contribution < 1.29 is 19.0 Å². The molecule has 0 N–H and O–H groups in total. The van der Waals surface area contributed by atoms with Crippen molar-refractivity contribution in [2.75, 3.05) is 52.4 Å². The highest BCUT2D eigenvalue weighted by molar-refractivity contribution is 5.76. The third-order valence-corrected chi connectivity index (χ3v) is 3.95. The predicted molar refractivity (Wildman–Crippen MR) is 85.2 cm³/mol. The number of rotatable bonds is 5. The summed E-state index contributed by atoms with van der Waals surface area (Å²) >= 11 is 0. The van der Waals surface area contributed by atoms with E-state index in [9.17, 15) is 4.79 Å². The number of benzene rings is 1. The number of hydrogen-bond acceptors (Lipinski definition) is 5. The molecule has 1 heterocycles. The van der Waals surface area contributed by atoms with Gasteiger partial charge in [0.2, 0.25) is 11.7 Å². The first-order valence-corrected chi connectivity index (χ1v) is 7.47. The average Bonchev–Trinajstić information content (AvgIpc) is 2.59. The highest BCUT2D eigenvalue weighted by Gasteiger charge is 2.22. The van der Waals surface area contributed by atoms with Crippen molar-refractivity contribution >= 4 is 11.6 Å². The van der Waals surface area contributed by atoms with Gasteiger partial charge in [-0.05, 0) is 0 Å². The molecule has 6 nitrogen and oxygen atoms in total. The van der Waals surface area contributed by atoms with Gasteiger partial charge < -0.3 is 24.0 Å². The van der Waals surface area contributed by atoms with Crippen molar-refractivity contribution in [1.82, 2.24) is 4.90 Å². The average molecular weight is 308 g/mol. The molecule has 6 heteroatoms. The van der Waals surface area contributed by atoms with E-state index in [0.717, 1.165) is 31.9 Å². The Hall–Kier alpha value is -2.11. The van der Waals surface area contributed by atoms with Crippen molar-refractivity contribution in [3.63, 3.8) is 0 Å². The molecule has 0 atom stereocenters. The second kappa shape index (κ2) is 7.24. The quantitative estimate of drug-likeness (QED) is 0.830. The standard InChI is InChI=1S/C16H24N2O4/c1-5-15(19)18-8-6-17(7-9-18)12-10-13(20-2)16(22-4)14(11-12)21-3/h10-11H,5-9H2,1-4H3. The fourth-order valence-electron chi connectivity index (χ4n) is 2.69. The van der Waals surface area contributed by atoms with E-state index in [1.54, 1.807) is 21.3 Å². The van der Waals surface area contributed by atoms with E-state index in [1.165, 1.54) is 0 Å². The number of amides is 1. The van der Waals surface area contributed by atoms with Gasteiger partial charge >= 0.3 is 0 Å². The minimum atomic E-state index is 0.213. The molecule has 1 aliphatic heterocycles. The molecule has 1 aromatic carbocycles. The molecule has 2 rings (SSSR count). The smallest absolute Gasteiger partial charge is 0.222 e. The molecule has 0 aromatic heterocycles. The topological polar surface area (TPSA) is 51.2 Å². The van der Waals surface area contributed by atoms with E-state index in [2.05, 4.69) is 4.90 Å². The van der Waals surface area contributed by atoms with Crippen molar-refractivity contribution in [3.8, 4) is 17.2 Å². The first-order chi connectivity index (χ1) is 10.6. The van der Waals surface area contributed by atoms with Gasteiger partial charge in [0.1, 0.15) is 0 Å². The van der Waals surface area contributed by atoms with Gasteiger partial charge in [0.15, 0.2) is 11.5 Å². The number of ether oxygens (including phenoxy) is 3. The molecule has 0 unspecified atom stereocenters. The van der Waals surface area contributed by atoms with Gasteiger partial charge in [0.25, 0.3) is 0 Å². The lowest BCUT2D eigenvalue weighted by Gasteiger charge is -2.36. The summed E-state index contributed by atoms with van der Waals surface area (Å²) in [5.74, 6) is 2.09. The van der Waals surface area contributed by atoms with Crippen molar-refractivity contribution in [1.29, 1.82) is 0 Å².